The number of aliphatic hydroxyl groups is 1. The minimum absolute atomic E-state index is 0.0468. The van der Waals surface area contributed by atoms with Crippen LogP contribution in [0.1, 0.15) is 22.7 Å². The Labute approximate surface area is 194 Å². The van der Waals surface area contributed by atoms with Crippen LogP contribution in [-0.2, 0) is 9.59 Å². The third-order valence-electron chi connectivity index (χ3n) is 5.78. The lowest BCUT2D eigenvalue weighted by atomic mass is 9.94. The molecule has 0 bridgehead atoms. The molecule has 2 aromatic carbocycles. The molecule has 1 atom stereocenters. The largest absolute Gasteiger partial charge is 0.507 e. The Balaban J connectivity index is 2.19. The van der Waals surface area contributed by atoms with Gasteiger partial charge in [0.1, 0.15) is 11.5 Å². The molecule has 33 heavy (non-hydrogen) atoms. The lowest BCUT2D eigenvalue weighted by molar-refractivity contribution is -0.857. The lowest BCUT2D eigenvalue weighted by Gasteiger charge is -2.26. The number of carbonyl (C=O) groups is 2. The number of ketones is 1. The number of nitrogens with one attached hydrogen (secondary N) is 1. The van der Waals surface area contributed by atoms with Crippen LogP contribution in [0.3, 0.4) is 0 Å². The van der Waals surface area contributed by atoms with Crippen molar-refractivity contribution in [3.63, 3.8) is 0 Å². The Morgan fingerprint density at radius 2 is 1.61 bits per heavy atom. The molecule has 0 radical (unpaired) electrons. The van der Waals surface area contributed by atoms with Gasteiger partial charge in [0.2, 0.25) is 0 Å². The standard InChI is InChI=1S/C25H30N2O6/c1-15-13-17(8-9-18(15)31-4)23(28)21-22(16-7-10-19(32-5)20(14-16)33-6)27(12-11-26(2)3)25(30)24(21)29/h7-10,13-14,22,28H,11-12H2,1-6H3/p+1. The number of Topliss-reactive ketones (excluding diaryl/α,β-unsaturated/α-hetero) is 1. The first kappa shape index (κ1) is 24.1. The highest BCUT2D eigenvalue weighted by atomic mass is 16.5. The number of amides is 1. The number of quaternary nitrogens is 1. The van der Waals surface area contributed by atoms with Gasteiger partial charge < -0.3 is 29.1 Å². The number of aliphatic hydroxyl groups excluding tert-OH is 1. The summed E-state index contributed by atoms with van der Waals surface area (Å²) >= 11 is 0. The number of hydrogen-bond donors (Lipinski definition) is 2. The van der Waals surface area contributed by atoms with Gasteiger partial charge in [0.15, 0.2) is 11.5 Å². The maximum Gasteiger partial charge on any atom is 0.295 e. The van der Waals surface area contributed by atoms with Crippen molar-refractivity contribution in [2.45, 2.75) is 13.0 Å². The number of nitrogens with zero attached hydrogens (tertiary/aromatic N) is 1. The van der Waals surface area contributed by atoms with Crippen LogP contribution in [0, 0.1) is 6.92 Å². The number of aryl methyl sites for hydroxylation is 1. The van der Waals surface area contributed by atoms with E-state index in [4.69, 9.17) is 14.2 Å². The SMILES string of the molecule is COc1ccc(C(O)=C2C(=O)C(=O)N(CC[NH+](C)C)C2c2ccc(OC)c(OC)c2)cc1C. The molecule has 176 valence electrons. The highest BCUT2D eigenvalue weighted by Gasteiger charge is 2.46. The molecule has 1 aliphatic heterocycles. The molecule has 2 aromatic rings. The molecule has 1 unspecified atom stereocenters. The summed E-state index contributed by atoms with van der Waals surface area (Å²) in [5, 5.41) is 11.2. The zero-order chi connectivity index (χ0) is 24.3. The van der Waals surface area contributed by atoms with E-state index in [0.717, 1.165) is 10.5 Å². The number of likely N-dealkylation sites (tertiary alicyclic amines) is 1. The van der Waals surface area contributed by atoms with Gasteiger partial charge in [0.05, 0.1) is 60.1 Å². The maximum absolute atomic E-state index is 13.1. The van der Waals surface area contributed by atoms with Crippen LogP contribution >= 0.6 is 0 Å². The van der Waals surface area contributed by atoms with E-state index in [1.54, 1.807) is 43.5 Å². The van der Waals surface area contributed by atoms with Crippen molar-refractivity contribution in [1.82, 2.24) is 4.90 Å². The van der Waals surface area contributed by atoms with Gasteiger partial charge in [0, 0.05) is 5.56 Å². The Bertz CT molecular complexity index is 1090. The summed E-state index contributed by atoms with van der Waals surface area (Å²) in [6.45, 7) is 2.84. The fourth-order valence-corrected chi connectivity index (χ4v) is 4.01. The number of benzene rings is 2. The molecular formula is C25H31N2O6+. The molecule has 1 saturated heterocycles. The second-order valence-corrected chi connectivity index (χ2v) is 8.25. The van der Waals surface area contributed by atoms with E-state index in [-0.39, 0.29) is 11.3 Å². The fraction of sp³-hybridized carbons (Fsp3) is 0.360. The predicted octanol–water partition coefficient (Wildman–Crippen LogP) is 1.59. The van der Waals surface area contributed by atoms with Crippen LogP contribution in [0.15, 0.2) is 42.0 Å². The molecule has 8 nitrogen and oxygen atoms in total. The molecule has 1 heterocycles. The minimum Gasteiger partial charge on any atom is -0.507 e. The highest BCUT2D eigenvalue weighted by Crippen LogP contribution is 2.42. The topological polar surface area (TPSA) is 89.7 Å². The summed E-state index contributed by atoms with van der Waals surface area (Å²) in [7, 11) is 8.57. The zero-order valence-electron chi connectivity index (χ0n) is 19.9. The monoisotopic (exact) mass is 455 g/mol. The number of carbonyl (C=O) groups excluding carboxylic acids is 2. The third kappa shape index (κ3) is 4.66. The summed E-state index contributed by atoms with van der Waals surface area (Å²) in [5.74, 6) is 0.0918. The first-order valence-corrected chi connectivity index (χ1v) is 10.7. The van der Waals surface area contributed by atoms with Gasteiger partial charge in [0.25, 0.3) is 11.7 Å². The molecule has 0 aromatic heterocycles. The first-order chi connectivity index (χ1) is 15.7. The number of likely N-dealkylation sites (N-methyl/N-ethyl adjacent to an activating group) is 1. The van der Waals surface area contributed by atoms with Crippen LogP contribution in [0.5, 0.6) is 17.2 Å². The predicted molar refractivity (Wildman–Crippen MR) is 124 cm³/mol. The molecular weight excluding hydrogens is 424 g/mol. The summed E-state index contributed by atoms with van der Waals surface area (Å²) in [6, 6.07) is 9.61. The number of methoxy groups -OCH3 is 3. The molecule has 3 rings (SSSR count). The van der Waals surface area contributed by atoms with Crippen LogP contribution in [0.4, 0.5) is 0 Å². The molecule has 2 N–H and O–H groups in total. The van der Waals surface area contributed by atoms with E-state index in [2.05, 4.69) is 0 Å². The first-order valence-electron chi connectivity index (χ1n) is 10.7. The quantitative estimate of drug-likeness (QED) is 0.357. The fourth-order valence-electron chi connectivity index (χ4n) is 4.01. The maximum atomic E-state index is 13.1. The van der Waals surface area contributed by atoms with Gasteiger partial charge in [-0.15, -0.1) is 0 Å². The normalized spacial score (nSPS) is 17.5. The minimum atomic E-state index is -0.758. The van der Waals surface area contributed by atoms with Gasteiger partial charge >= 0.3 is 0 Å². The number of ether oxygens (including phenoxy) is 3. The van der Waals surface area contributed by atoms with E-state index in [9.17, 15) is 14.7 Å². The second kappa shape index (κ2) is 9.95. The van der Waals surface area contributed by atoms with Crippen molar-refractivity contribution in [1.29, 1.82) is 0 Å². The summed E-state index contributed by atoms with van der Waals surface area (Å²) in [4.78, 5) is 28.8. The zero-order valence-corrected chi connectivity index (χ0v) is 19.9. The van der Waals surface area contributed by atoms with Crippen molar-refractivity contribution < 1.29 is 33.8 Å². The number of hydrogen-bond acceptors (Lipinski definition) is 6. The van der Waals surface area contributed by atoms with Gasteiger partial charge in [-0.2, -0.15) is 0 Å². The molecule has 0 spiro atoms. The van der Waals surface area contributed by atoms with Gasteiger partial charge in [-0.25, -0.2) is 0 Å². The molecule has 1 fully saturated rings. The van der Waals surface area contributed by atoms with Crippen LogP contribution in [-0.4, -0.2) is 70.2 Å². The molecule has 1 aliphatic rings. The average Bonchev–Trinajstić information content (AvgIpc) is 3.06. The van der Waals surface area contributed by atoms with Crippen LogP contribution in [0.2, 0.25) is 0 Å². The number of rotatable bonds is 8. The Morgan fingerprint density at radius 3 is 2.18 bits per heavy atom. The summed E-state index contributed by atoms with van der Waals surface area (Å²) in [5.41, 5.74) is 1.93. The van der Waals surface area contributed by atoms with E-state index in [1.807, 2.05) is 21.0 Å². The summed E-state index contributed by atoms with van der Waals surface area (Å²) < 4.78 is 16.1. The van der Waals surface area contributed by atoms with E-state index in [1.165, 1.54) is 19.1 Å². The highest BCUT2D eigenvalue weighted by molar-refractivity contribution is 6.46. The third-order valence-corrected chi connectivity index (χ3v) is 5.78. The molecule has 1 amide bonds. The van der Waals surface area contributed by atoms with Crippen molar-refractivity contribution in [2.24, 2.45) is 0 Å². The van der Waals surface area contributed by atoms with Crippen molar-refractivity contribution in [3.05, 3.63) is 58.7 Å². The van der Waals surface area contributed by atoms with Crippen molar-refractivity contribution in [2.75, 3.05) is 48.5 Å². The van der Waals surface area contributed by atoms with Crippen LogP contribution in [0.25, 0.3) is 5.76 Å². The van der Waals surface area contributed by atoms with E-state index >= 15 is 0 Å². The Morgan fingerprint density at radius 1 is 0.970 bits per heavy atom. The smallest absolute Gasteiger partial charge is 0.295 e. The van der Waals surface area contributed by atoms with Crippen LogP contribution < -0.4 is 19.1 Å². The Kier molecular flexibility index (Phi) is 7.28. The van der Waals surface area contributed by atoms with Gasteiger partial charge in [-0.1, -0.05) is 6.07 Å². The van der Waals surface area contributed by atoms with Crippen molar-refractivity contribution in [3.8, 4) is 17.2 Å². The second-order valence-electron chi connectivity index (χ2n) is 8.25. The molecule has 0 aliphatic carbocycles. The molecule has 8 heteroatoms. The van der Waals surface area contributed by atoms with Gasteiger partial charge in [-0.05, 0) is 48.4 Å². The summed E-state index contributed by atoms with van der Waals surface area (Å²) in [6.07, 6.45) is 0. The van der Waals surface area contributed by atoms with Crippen molar-refractivity contribution >= 4 is 17.4 Å². The van der Waals surface area contributed by atoms with E-state index < -0.39 is 17.7 Å². The van der Waals surface area contributed by atoms with E-state index in [0.29, 0.717) is 41.5 Å². The average molecular weight is 456 g/mol. The van der Waals surface area contributed by atoms with Gasteiger partial charge in [-0.3, -0.25) is 9.59 Å². The molecule has 0 saturated carbocycles. The lowest BCUT2D eigenvalue weighted by Crippen LogP contribution is -3.06. The Hall–Kier alpha value is -3.52.